The van der Waals surface area contributed by atoms with Gasteiger partial charge in [-0.05, 0) is 36.4 Å². The van der Waals surface area contributed by atoms with Gasteiger partial charge in [0.05, 0.1) is 12.8 Å². The predicted octanol–water partition coefficient (Wildman–Crippen LogP) is 3.90. The van der Waals surface area contributed by atoms with E-state index in [1.165, 1.54) is 35.6 Å². The summed E-state index contributed by atoms with van der Waals surface area (Å²) in [5.74, 6) is 0.247. The average molecular weight is 456 g/mol. The van der Waals surface area contributed by atoms with Gasteiger partial charge in [0.1, 0.15) is 17.3 Å². The lowest BCUT2D eigenvalue weighted by Gasteiger charge is -2.36. The van der Waals surface area contributed by atoms with Crippen LogP contribution in [0.3, 0.4) is 0 Å². The van der Waals surface area contributed by atoms with Crippen molar-refractivity contribution in [2.45, 2.75) is 0 Å². The summed E-state index contributed by atoms with van der Waals surface area (Å²) in [4.78, 5) is 33.2. The lowest BCUT2D eigenvalue weighted by atomic mass is 10.2. The van der Waals surface area contributed by atoms with Crippen LogP contribution in [0.1, 0.15) is 10.5 Å². The number of hydrogen-bond acceptors (Lipinski definition) is 6. The summed E-state index contributed by atoms with van der Waals surface area (Å²) >= 11 is 1.17. The maximum atomic E-state index is 13.0. The molecule has 0 spiro atoms. The third kappa shape index (κ3) is 4.97. The molecule has 0 unspecified atom stereocenters. The van der Waals surface area contributed by atoms with E-state index in [0.29, 0.717) is 37.0 Å². The van der Waals surface area contributed by atoms with Crippen LogP contribution in [0.5, 0.6) is 5.75 Å². The minimum atomic E-state index is -0.518. The van der Waals surface area contributed by atoms with Gasteiger partial charge in [-0.25, -0.2) is 14.2 Å². The Morgan fingerprint density at radius 3 is 2.47 bits per heavy atom. The molecule has 1 aliphatic heterocycles. The monoisotopic (exact) mass is 455 g/mol. The Morgan fingerprint density at radius 2 is 1.75 bits per heavy atom. The summed E-state index contributed by atoms with van der Waals surface area (Å²) in [5.41, 5.74) is 1.75. The minimum Gasteiger partial charge on any atom is -0.495 e. The highest BCUT2D eigenvalue weighted by atomic mass is 32.1. The smallest absolute Gasteiger partial charge is 0.325 e. The fraction of sp³-hybridized carbons (Fsp3) is 0.227. The maximum absolute atomic E-state index is 13.0. The summed E-state index contributed by atoms with van der Waals surface area (Å²) in [6, 6.07) is 12.7. The van der Waals surface area contributed by atoms with Crippen LogP contribution in [-0.2, 0) is 0 Å². The van der Waals surface area contributed by atoms with Crippen molar-refractivity contribution in [3.63, 3.8) is 0 Å². The molecule has 32 heavy (non-hydrogen) atoms. The number of nitrogens with one attached hydrogen (secondary N) is 2. The van der Waals surface area contributed by atoms with E-state index in [0.717, 1.165) is 11.4 Å². The van der Waals surface area contributed by atoms with Gasteiger partial charge in [-0.3, -0.25) is 10.1 Å². The van der Waals surface area contributed by atoms with E-state index >= 15 is 0 Å². The van der Waals surface area contributed by atoms with E-state index in [1.54, 1.807) is 17.4 Å². The molecule has 1 aliphatic rings. The number of carbonyl (C=O) groups excluding carboxylic acids is 2. The van der Waals surface area contributed by atoms with Crippen molar-refractivity contribution in [1.82, 2.24) is 9.88 Å². The number of amides is 3. The molecular formula is C22H22FN5O3S. The minimum absolute atomic E-state index is 0.173. The van der Waals surface area contributed by atoms with Crippen molar-refractivity contribution in [3.05, 3.63) is 65.4 Å². The second kappa shape index (κ2) is 9.65. The van der Waals surface area contributed by atoms with Gasteiger partial charge in [0.25, 0.3) is 5.91 Å². The second-order valence-corrected chi connectivity index (χ2v) is 7.93. The molecule has 2 heterocycles. The van der Waals surface area contributed by atoms with E-state index in [1.807, 2.05) is 24.3 Å². The number of nitrogens with zero attached hydrogens (tertiary/aromatic N) is 3. The number of methoxy groups -OCH3 is 1. The Labute approximate surface area is 188 Å². The first-order chi connectivity index (χ1) is 15.5. The van der Waals surface area contributed by atoms with Gasteiger partial charge in [-0.1, -0.05) is 12.1 Å². The molecule has 166 valence electrons. The van der Waals surface area contributed by atoms with Gasteiger partial charge in [0, 0.05) is 37.2 Å². The number of para-hydroxylation sites is 2. The van der Waals surface area contributed by atoms with Gasteiger partial charge in [0.2, 0.25) is 0 Å². The van der Waals surface area contributed by atoms with Crippen LogP contribution in [0.15, 0.2) is 53.9 Å². The molecule has 0 saturated carbocycles. The molecule has 0 radical (unpaired) electrons. The molecule has 1 saturated heterocycles. The van der Waals surface area contributed by atoms with Crippen LogP contribution in [-0.4, -0.2) is 55.1 Å². The van der Waals surface area contributed by atoms with Gasteiger partial charge in [-0.15, -0.1) is 11.3 Å². The Kier molecular flexibility index (Phi) is 6.50. The van der Waals surface area contributed by atoms with Gasteiger partial charge >= 0.3 is 6.03 Å². The topological polar surface area (TPSA) is 86.8 Å². The number of aromatic nitrogens is 1. The molecule has 3 amide bonds. The highest BCUT2D eigenvalue weighted by Gasteiger charge is 2.25. The normalized spacial score (nSPS) is 13.6. The molecule has 2 N–H and O–H groups in total. The zero-order valence-corrected chi connectivity index (χ0v) is 18.2. The number of halogens is 1. The Hall–Kier alpha value is -3.66. The van der Waals surface area contributed by atoms with Crippen molar-refractivity contribution in [2.24, 2.45) is 0 Å². The van der Waals surface area contributed by atoms with E-state index in [2.05, 4.69) is 20.5 Å². The number of rotatable bonds is 5. The Bertz CT molecular complexity index is 1100. The molecule has 3 aromatic rings. The van der Waals surface area contributed by atoms with Crippen molar-refractivity contribution in [2.75, 3.05) is 48.8 Å². The first kappa shape index (κ1) is 21.6. The number of anilines is 3. The molecule has 1 fully saturated rings. The standard InChI is InChI=1S/C22H22FN5O3S/c1-31-19-5-3-2-4-18(19)27-10-12-28(13-11-27)20(29)17-14-32-22(25-17)26-21(30)24-16-8-6-15(23)7-9-16/h2-9,14H,10-13H2,1H3,(H2,24,25,26,30). The number of thiazole rings is 1. The molecule has 0 aliphatic carbocycles. The third-order valence-electron chi connectivity index (χ3n) is 5.04. The average Bonchev–Trinajstić information content (AvgIpc) is 3.28. The number of ether oxygens (including phenoxy) is 1. The molecule has 1 aromatic heterocycles. The molecule has 4 rings (SSSR count). The van der Waals surface area contributed by atoms with Crippen LogP contribution in [0.25, 0.3) is 0 Å². The quantitative estimate of drug-likeness (QED) is 0.610. The lowest BCUT2D eigenvalue weighted by Crippen LogP contribution is -2.49. The number of hydrogen-bond donors (Lipinski definition) is 2. The van der Waals surface area contributed by atoms with Crippen molar-refractivity contribution in [3.8, 4) is 5.75 Å². The van der Waals surface area contributed by atoms with Gasteiger partial charge < -0.3 is 19.9 Å². The molecular weight excluding hydrogens is 433 g/mol. The lowest BCUT2D eigenvalue weighted by molar-refractivity contribution is 0.0741. The summed E-state index contributed by atoms with van der Waals surface area (Å²) in [7, 11) is 1.65. The SMILES string of the molecule is COc1ccccc1N1CCN(C(=O)c2csc(NC(=O)Nc3ccc(F)cc3)n2)CC1. The van der Waals surface area contributed by atoms with Crippen molar-refractivity contribution >= 4 is 39.8 Å². The second-order valence-electron chi connectivity index (χ2n) is 7.08. The number of urea groups is 1. The van der Waals surface area contributed by atoms with Crippen LogP contribution < -0.4 is 20.3 Å². The maximum Gasteiger partial charge on any atom is 0.325 e. The fourth-order valence-corrected chi connectivity index (χ4v) is 4.10. The zero-order chi connectivity index (χ0) is 22.5. The molecule has 2 aromatic carbocycles. The first-order valence-electron chi connectivity index (χ1n) is 10.00. The third-order valence-corrected chi connectivity index (χ3v) is 5.80. The zero-order valence-electron chi connectivity index (χ0n) is 17.4. The van der Waals surface area contributed by atoms with E-state index in [4.69, 9.17) is 4.74 Å². The van der Waals surface area contributed by atoms with Crippen molar-refractivity contribution in [1.29, 1.82) is 0 Å². The predicted molar refractivity (Wildman–Crippen MR) is 122 cm³/mol. The van der Waals surface area contributed by atoms with E-state index in [-0.39, 0.29) is 17.4 Å². The van der Waals surface area contributed by atoms with Crippen LogP contribution in [0.2, 0.25) is 0 Å². The largest absolute Gasteiger partial charge is 0.495 e. The summed E-state index contributed by atoms with van der Waals surface area (Å²) in [5, 5.41) is 7.12. The molecule has 8 nitrogen and oxygen atoms in total. The van der Waals surface area contributed by atoms with Gasteiger partial charge in [0.15, 0.2) is 5.13 Å². The Morgan fingerprint density at radius 1 is 1.03 bits per heavy atom. The fourth-order valence-electron chi connectivity index (χ4n) is 3.43. The first-order valence-corrected chi connectivity index (χ1v) is 10.9. The van der Waals surface area contributed by atoms with Crippen LogP contribution >= 0.6 is 11.3 Å². The molecule has 0 atom stereocenters. The number of piperazine rings is 1. The number of carbonyl (C=O) groups is 2. The molecule has 0 bridgehead atoms. The Balaban J connectivity index is 1.32. The van der Waals surface area contributed by atoms with Crippen LogP contribution in [0.4, 0.5) is 25.7 Å². The van der Waals surface area contributed by atoms with Crippen LogP contribution in [0, 0.1) is 5.82 Å². The summed E-state index contributed by atoms with van der Waals surface area (Å²) in [6.45, 7) is 2.48. The number of benzene rings is 2. The molecule has 10 heteroatoms. The van der Waals surface area contributed by atoms with Crippen molar-refractivity contribution < 1.29 is 18.7 Å². The summed E-state index contributed by atoms with van der Waals surface area (Å²) in [6.07, 6.45) is 0. The highest BCUT2D eigenvalue weighted by molar-refractivity contribution is 7.14. The van der Waals surface area contributed by atoms with E-state index in [9.17, 15) is 14.0 Å². The summed E-state index contributed by atoms with van der Waals surface area (Å²) < 4.78 is 18.4. The van der Waals surface area contributed by atoms with E-state index < -0.39 is 6.03 Å². The highest BCUT2D eigenvalue weighted by Crippen LogP contribution is 2.28. The van der Waals surface area contributed by atoms with Gasteiger partial charge in [-0.2, -0.15) is 0 Å².